The maximum Gasteiger partial charge on any atom is 0.192 e. The molecule has 36 heavy (non-hydrogen) atoms. The number of hydrogen-bond acceptors (Lipinski definition) is 8. The number of halogens is 1. The molecule has 3 heterocycles. The second-order valence-corrected chi connectivity index (χ2v) is 9.62. The van der Waals surface area contributed by atoms with Crippen molar-refractivity contribution in [2.75, 3.05) is 6.26 Å². The van der Waals surface area contributed by atoms with E-state index in [1.54, 1.807) is 24.4 Å². The summed E-state index contributed by atoms with van der Waals surface area (Å²) in [7, 11) is -3.46. The van der Waals surface area contributed by atoms with E-state index < -0.39 is 15.7 Å². The highest BCUT2D eigenvalue weighted by Gasteiger charge is 2.18. The van der Waals surface area contributed by atoms with Gasteiger partial charge < -0.3 is 14.5 Å². The van der Waals surface area contributed by atoms with Gasteiger partial charge in [-0.15, -0.1) is 0 Å². The van der Waals surface area contributed by atoms with Crippen LogP contribution < -0.4 is 9.47 Å². The molecule has 5 rings (SSSR count). The van der Waals surface area contributed by atoms with E-state index in [9.17, 15) is 18.1 Å². The van der Waals surface area contributed by atoms with Gasteiger partial charge in [0, 0.05) is 24.6 Å². The fraction of sp³-hybridized carbons (Fsp3) is 0.0400. The summed E-state index contributed by atoms with van der Waals surface area (Å²) in [6.45, 7) is 0. The number of benzene rings is 2. The lowest BCUT2D eigenvalue weighted by molar-refractivity contribution is 0.436. The van der Waals surface area contributed by atoms with E-state index >= 15 is 0 Å². The van der Waals surface area contributed by atoms with E-state index in [1.807, 2.05) is 12.1 Å². The lowest BCUT2D eigenvalue weighted by Crippen LogP contribution is -2.00. The molecule has 3 aromatic heterocycles. The lowest BCUT2D eigenvalue weighted by atomic mass is 10.2. The molecule has 0 bridgehead atoms. The van der Waals surface area contributed by atoms with Gasteiger partial charge in [0.25, 0.3) is 0 Å². The van der Waals surface area contributed by atoms with Gasteiger partial charge in [-0.05, 0) is 36.4 Å². The molecule has 2 aromatic carbocycles. The third-order valence-electron chi connectivity index (χ3n) is 5.06. The summed E-state index contributed by atoms with van der Waals surface area (Å²) in [6, 6.07) is 17.2. The Morgan fingerprint density at radius 3 is 2.56 bits per heavy atom. The van der Waals surface area contributed by atoms with Gasteiger partial charge in [-0.25, -0.2) is 22.8 Å². The summed E-state index contributed by atoms with van der Waals surface area (Å²) in [5, 5.41) is 9.32. The largest absolute Gasteiger partial charge is 0.456 e. The van der Waals surface area contributed by atoms with Gasteiger partial charge >= 0.3 is 0 Å². The van der Waals surface area contributed by atoms with Crippen LogP contribution in [0.15, 0.2) is 78.1 Å². The molecule has 0 amide bonds. The Morgan fingerprint density at radius 1 is 1.00 bits per heavy atom. The molecule has 0 saturated carbocycles. The Balaban J connectivity index is 1.60. The molecule has 5 aromatic rings. The number of nitriles is 1. The summed E-state index contributed by atoms with van der Waals surface area (Å²) in [4.78, 5) is 15.9. The first-order valence-electron chi connectivity index (χ1n) is 10.5. The van der Waals surface area contributed by atoms with Crippen LogP contribution in [0.2, 0.25) is 0 Å². The Kier molecular flexibility index (Phi) is 5.79. The molecule has 178 valence electrons. The molecular formula is C25H16FN5O4S. The number of nitrogens with one attached hydrogen (secondary N) is 1. The molecular weight excluding hydrogens is 485 g/mol. The van der Waals surface area contributed by atoms with Crippen LogP contribution in [0.5, 0.6) is 23.0 Å². The zero-order chi connectivity index (χ0) is 25.3. The number of fused-ring (bicyclic) bond motifs is 1. The molecule has 9 nitrogen and oxygen atoms in total. The van der Waals surface area contributed by atoms with Crippen molar-refractivity contribution >= 4 is 20.9 Å². The average Bonchev–Trinajstić information content (AvgIpc) is 3.30. The smallest absolute Gasteiger partial charge is 0.192 e. The van der Waals surface area contributed by atoms with E-state index in [1.165, 1.54) is 42.6 Å². The van der Waals surface area contributed by atoms with Crippen molar-refractivity contribution in [2.24, 2.45) is 0 Å². The Bertz CT molecular complexity index is 1730. The summed E-state index contributed by atoms with van der Waals surface area (Å²) in [5.74, 6) is 0.150. The van der Waals surface area contributed by atoms with Crippen LogP contribution in [0.25, 0.3) is 22.6 Å². The van der Waals surface area contributed by atoms with Crippen LogP contribution in [0.1, 0.15) is 5.56 Å². The molecule has 0 fully saturated rings. The number of imidazole rings is 1. The number of aromatic amines is 1. The van der Waals surface area contributed by atoms with E-state index in [0.29, 0.717) is 22.6 Å². The van der Waals surface area contributed by atoms with E-state index in [4.69, 9.17) is 9.47 Å². The summed E-state index contributed by atoms with van der Waals surface area (Å²) < 4.78 is 49.7. The van der Waals surface area contributed by atoms with Gasteiger partial charge in [-0.2, -0.15) is 5.26 Å². The highest BCUT2D eigenvalue weighted by molar-refractivity contribution is 7.90. The molecule has 0 saturated heterocycles. The Morgan fingerprint density at radius 2 is 1.86 bits per heavy atom. The van der Waals surface area contributed by atoms with Crippen LogP contribution >= 0.6 is 0 Å². The molecule has 0 radical (unpaired) electrons. The quantitative estimate of drug-likeness (QED) is 0.343. The summed E-state index contributed by atoms with van der Waals surface area (Å²) in [5.41, 5.74) is 1.45. The van der Waals surface area contributed by atoms with Crippen molar-refractivity contribution in [3.05, 3.63) is 84.4 Å². The van der Waals surface area contributed by atoms with Crippen LogP contribution in [0.3, 0.4) is 0 Å². The van der Waals surface area contributed by atoms with Crippen LogP contribution in [-0.2, 0) is 9.84 Å². The Hall–Kier alpha value is -4.82. The van der Waals surface area contributed by atoms with Gasteiger partial charge in [-0.3, -0.25) is 4.98 Å². The number of hydrogen-bond donors (Lipinski definition) is 1. The van der Waals surface area contributed by atoms with Gasteiger partial charge in [-0.1, -0.05) is 12.1 Å². The summed E-state index contributed by atoms with van der Waals surface area (Å²) >= 11 is 0. The third kappa shape index (κ3) is 4.57. The molecule has 0 spiro atoms. The minimum atomic E-state index is -3.46. The first kappa shape index (κ1) is 22.9. The number of aromatic nitrogens is 4. The highest BCUT2D eigenvalue weighted by Crippen LogP contribution is 2.37. The van der Waals surface area contributed by atoms with Crippen molar-refractivity contribution in [3.63, 3.8) is 0 Å². The Labute approximate surface area is 204 Å². The molecule has 1 N–H and O–H groups in total. The minimum absolute atomic E-state index is 0.00974. The maximum absolute atomic E-state index is 14.6. The number of pyridine rings is 2. The second-order valence-electron chi connectivity index (χ2n) is 7.65. The number of para-hydroxylation sites is 1. The van der Waals surface area contributed by atoms with Crippen LogP contribution in [0, 0.1) is 17.1 Å². The van der Waals surface area contributed by atoms with E-state index in [2.05, 4.69) is 19.9 Å². The predicted octanol–water partition coefficient (Wildman–Crippen LogP) is 5.02. The van der Waals surface area contributed by atoms with Crippen molar-refractivity contribution in [3.8, 4) is 40.6 Å². The minimum Gasteiger partial charge on any atom is -0.456 e. The molecule has 11 heteroatoms. The lowest BCUT2D eigenvalue weighted by Gasteiger charge is -2.11. The third-order valence-corrected chi connectivity index (χ3v) is 6.06. The van der Waals surface area contributed by atoms with Crippen LogP contribution in [-0.4, -0.2) is 34.6 Å². The number of sulfone groups is 1. The zero-order valence-corrected chi connectivity index (χ0v) is 19.5. The second kappa shape index (κ2) is 9.09. The number of rotatable bonds is 6. The van der Waals surface area contributed by atoms with Crippen LogP contribution in [0.4, 0.5) is 4.39 Å². The highest BCUT2D eigenvalue weighted by atomic mass is 32.2. The van der Waals surface area contributed by atoms with Gasteiger partial charge in [0.1, 0.15) is 28.8 Å². The van der Waals surface area contributed by atoms with E-state index in [0.717, 1.165) is 6.26 Å². The number of H-pyrrole nitrogens is 1. The monoisotopic (exact) mass is 501 g/mol. The first-order valence-corrected chi connectivity index (χ1v) is 12.4. The average molecular weight is 501 g/mol. The number of ether oxygens (including phenoxy) is 2. The molecule has 0 atom stereocenters. The van der Waals surface area contributed by atoms with Crippen molar-refractivity contribution in [2.45, 2.75) is 5.03 Å². The first-order chi connectivity index (χ1) is 17.3. The normalized spacial score (nSPS) is 11.2. The SMILES string of the molecule is CS(=O)(=O)c1ccc(Oc2cc(Oc3c(F)cccc3C#N)c3nc(-c4ccccn4)[nH]c3c2)cn1. The number of nitrogens with zero attached hydrogens (tertiary/aromatic N) is 4. The predicted molar refractivity (Wildman–Crippen MR) is 128 cm³/mol. The molecule has 0 aliphatic heterocycles. The van der Waals surface area contributed by atoms with Gasteiger partial charge in [0.05, 0.1) is 17.3 Å². The standard InChI is InChI=1S/C25H16FN5O4S/c1-36(32,33)22-9-8-16(14-29-22)34-17-11-20-23(31-25(30-20)19-7-2-3-10-28-19)21(12-17)35-24-15(13-27)5-4-6-18(24)26/h2-12,14H,1H3,(H,30,31). The fourth-order valence-electron chi connectivity index (χ4n) is 3.41. The summed E-state index contributed by atoms with van der Waals surface area (Å²) in [6.07, 6.45) is 3.96. The zero-order valence-electron chi connectivity index (χ0n) is 18.6. The van der Waals surface area contributed by atoms with E-state index in [-0.39, 0.29) is 33.6 Å². The molecule has 0 unspecified atom stereocenters. The topological polar surface area (TPSA) is 131 Å². The maximum atomic E-state index is 14.6. The molecule has 0 aliphatic carbocycles. The van der Waals surface area contributed by atoms with Gasteiger partial charge in [0.15, 0.2) is 38.0 Å². The molecule has 0 aliphatic rings. The fourth-order valence-corrected chi connectivity index (χ4v) is 3.97. The van der Waals surface area contributed by atoms with Crippen molar-refractivity contribution in [1.29, 1.82) is 5.26 Å². The van der Waals surface area contributed by atoms with Gasteiger partial charge in [0.2, 0.25) is 0 Å². The van der Waals surface area contributed by atoms with Crippen molar-refractivity contribution in [1.82, 2.24) is 19.9 Å². The van der Waals surface area contributed by atoms with Crippen molar-refractivity contribution < 1.29 is 22.3 Å².